The van der Waals surface area contributed by atoms with Crippen LogP contribution in [0.3, 0.4) is 0 Å². The lowest BCUT2D eigenvalue weighted by Gasteiger charge is -2.25. The number of sulfonamides is 1. The highest BCUT2D eigenvalue weighted by molar-refractivity contribution is 7.89. The zero-order chi connectivity index (χ0) is 24.3. The zero-order valence-corrected chi connectivity index (χ0v) is 20.6. The molecular formula is C25H32N2O6S. The molecule has 2 saturated heterocycles. The van der Waals surface area contributed by atoms with Crippen LogP contribution in [0, 0.1) is 13.8 Å². The third kappa shape index (κ3) is 5.26. The van der Waals surface area contributed by atoms with E-state index in [1.807, 2.05) is 19.9 Å². The van der Waals surface area contributed by atoms with Crippen LogP contribution in [-0.2, 0) is 26.0 Å². The first-order valence-electron chi connectivity index (χ1n) is 11.9. The fraction of sp³-hybridized carbons (Fsp3) is 0.520. The minimum absolute atomic E-state index is 0.153. The van der Waals surface area contributed by atoms with Crippen LogP contribution in [0.4, 0.5) is 0 Å². The highest BCUT2D eigenvalue weighted by Crippen LogP contribution is 2.22. The predicted molar refractivity (Wildman–Crippen MR) is 127 cm³/mol. The highest BCUT2D eigenvalue weighted by atomic mass is 32.2. The number of hydrogen-bond acceptors (Lipinski definition) is 6. The van der Waals surface area contributed by atoms with Crippen LogP contribution in [0.1, 0.15) is 64.2 Å². The first kappa shape index (κ1) is 24.6. The van der Waals surface area contributed by atoms with Crippen LogP contribution in [0.15, 0.2) is 35.2 Å². The van der Waals surface area contributed by atoms with Gasteiger partial charge in [0.25, 0.3) is 0 Å². The van der Waals surface area contributed by atoms with Gasteiger partial charge in [-0.15, -0.1) is 0 Å². The van der Waals surface area contributed by atoms with E-state index in [9.17, 15) is 18.0 Å². The number of ketones is 1. The molecule has 0 spiro atoms. The van der Waals surface area contributed by atoms with Crippen molar-refractivity contribution in [1.82, 2.24) is 8.87 Å². The fourth-order valence-electron chi connectivity index (χ4n) is 4.67. The molecule has 0 radical (unpaired) electrons. The maximum atomic E-state index is 12.8. The van der Waals surface area contributed by atoms with Crippen LogP contribution in [0.5, 0.6) is 0 Å². The highest BCUT2D eigenvalue weighted by Gasteiger charge is 2.26. The molecule has 0 amide bonds. The molecule has 4 rings (SSSR count). The molecule has 184 valence electrons. The standard InChI is InChI=1S/C25H32N2O6S/c1-18-15-23(19(2)27(18)16-21-7-6-14-32-21)24(28)17-33-25(29)20-8-10-22(11-9-20)34(30,31)26-12-4-3-5-13-26/h8-11,15,21H,3-7,12-14,16-17H2,1-2H3. The number of piperidine rings is 1. The summed E-state index contributed by atoms with van der Waals surface area (Å²) in [5, 5.41) is 0. The number of hydrogen-bond donors (Lipinski definition) is 0. The van der Waals surface area contributed by atoms with Crippen molar-refractivity contribution in [2.24, 2.45) is 0 Å². The molecule has 2 aliphatic heterocycles. The molecular weight excluding hydrogens is 456 g/mol. The third-order valence-corrected chi connectivity index (χ3v) is 8.57. The number of rotatable bonds is 8. The van der Waals surface area contributed by atoms with Gasteiger partial charge in [-0.1, -0.05) is 6.42 Å². The molecule has 1 unspecified atom stereocenters. The Labute approximate surface area is 200 Å². The monoisotopic (exact) mass is 488 g/mol. The molecule has 34 heavy (non-hydrogen) atoms. The third-order valence-electron chi connectivity index (χ3n) is 6.66. The Kier molecular flexibility index (Phi) is 7.54. The second-order valence-electron chi connectivity index (χ2n) is 9.02. The van der Waals surface area contributed by atoms with Gasteiger partial charge in [0.1, 0.15) is 0 Å². The molecule has 1 atom stereocenters. The van der Waals surface area contributed by atoms with Gasteiger partial charge in [0, 0.05) is 43.2 Å². The van der Waals surface area contributed by atoms with Gasteiger partial charge in [-0.2, -0.15) is 4.31 Å². The number of ether oxygens (including phenoxy) is 2. The Bertz CT molecular complexity index is 1140. The number of benzene rings is 1. The lowest BCUT2D eigenvalue weighted by Crippen LogP contribution is -2.35. The van der Waals surface area contributed by atoms with E-state index in [4.69, 9.17) is 9.47 Å². The van der Waals surface area contributed by atoms with E-state index in [2.05, 4.69) is 4.57 Å². The number of nitrogens with zero attached hydrogens (tertiary/aromatic N) is 2. The molecule has 8 nitrogen and oxygen atoms in total. The van der Waals surface area contributed by atoms with Crippen molar-refractivity contribution >= 4 is 21.8 Å². The van der Waals surface area contributed by atoms with Gasteiger partial charge >= 0.3 is 5.97 Å². The molecule has 2 aromatic rings. The van der Waals surface area contributed by atoms with Crippen LogP contribution < -0.4 is 0 Å². The number of aromatic nitrogens is 1. The average Bonchev–Trinajstić information content (AvgIpc) is 3.47. The minimum Gasteiger partial charge on any atom is -0.454 e. The van der Waals surface area contributed by atoms with Crippen LogP contribution in [0.25, 0.3) is 0 Å². The van der Waals surface area contributed by atoms with Gasteiger partial charge in [0.15, 0.2) is 6.61 Å². The lowest BCUT2D eigenvalue weighted by molar-refractivity contribution is 0.0474. The topological polar surface area (TPSA) is 94.9 Å². The van der Waals surface area contributed by atoms with E-state index in [-0.39, 0.29) is 29.0 Å². The summed E-state index contributed by atoms with van der Waals surface area (Å²) in [6.45, 7) is 5.97. The van der Waals surface area contributed by atoms with Crippen molar-refractivity contribution in [3.05, 3.63) is 52.8 Å². The second-order valence-corrected chi connectivity index (χ2v) is 11.0. The molecule has 2 aliphatic rings. The van der Waals surface area contributed by atoms with Gasteiger partial charge in [0.05, 0.1) is 16.6 Å². The number of aryl methyl sites for hydroxylation is 1. The van der Waals surface area contributed by atoms with E-state index < -0.39 is 16.0 Å². The summed E-state index contributed by atoms with van der Waals surface area (Å²) in [6, 6.07) is 7.51. The van der Waals surface area contributed by atoms with Crippen molar-refractivity contribution in [2.45, 2.75) is 63.5 Å². The van der Waals surface area contributed by atoms with E-state index in [0.717, 1.165) is 50.1 Å². The SMILES string of the molecule is Cc1cc(C(=O)COC(=O)c2ccc(S(=O)(=O)N3CCCCC3)cc2)c(C)n1CC1CCCO1. The zero-order valence-electron chi connectivity index (χ0n) is 19.8. The Morgan fingerprint density at radius 3 is 2.41 bits per heavy atom. The first-order chi connectivity index (χ1) is 16.3. The second kappa shape index (κ2) is 10.4. The van der Waals surface area contributed by atoms with Crippen molar-refractivity contribution in [3.8, 4) is 0 Å². The van der Waals surface area contributed by atoms with Crippen molar-refractivity contribution in [3.63, 3.8) is 0 Å². The molecule has 0 bridgehead atoms. The summed E-state index contributed by atoms with van der Waals surface area (Å²) in [4.78, 5) is 25.4. The smallest absolute Gasteiger partial charge is 0.338 e. The Morgan fingerprint density at radius 2 is 1.76 bits per heavy atom. The summed E-state index contributed by atoms with van der Waals surface area (Å²) in [6.07, 6.45) is 4.97. The molecule has 1 aromatic heterocycles. The Hall–Kier alpha value is -2.49. The summed E-state index contributed by atoms with van der Waals surface area (Å²) in [5.74, 6) is -0.937. The quantitative estimate of drug-likeness (QED) is 0.417. The molecule has 0 N–H and O–H groups in total. The summed E-state index contributed by atoms with van der Waals surface area (Å²) >= 11 is 0. The van der Waals surface area contributed by atoms with E-state index in [1.165, 1.54) is 28.6 Å². The van der Waals surface area contributed by atoms with Gasteiger partial charge in [-0.25, -0.2) is 13.2 Å². The van der Waals surface area contributed by atoms with Crippen molar-refractivity contribution in [2.75, 3.05) is 26.3 Å². The van der Waals surface area contributed by atoms with E-state index >= 15 is 0 Å². The fourth-order valence-corrected chi connectivity index (χ4v) is 6.18. The number of carbonyl (C=O) groups excluding carboxylic acids is 2. The van der Waals surface area contributed by atoms with Gasteiger partial charge in [-0.05, 0) is 69.9 Å². The summed E-state index contributed by atoms with van der Waals surface area (Å²) in [7, 11) is -3.57. The van der Waals surface area contributed by atoms with Crippen molar-refractivity contribution < 1.29 is 27.5 Å². The van der Waals surface area contributed by atoms with Crippen LogP contribution in [-0.4, -0.2) is 61.4 Å². The van der Waals surface area contributed by atoms with Crippen LogP contribution in [0.2, 0.25) is 0 Å². The molecule has 1 aromatic carbocycles. The molecule has 2 fully saturated rings. The predicted octanol–water partition coefficient (Wildman–Crippen LogP) is 3.50. The maximum absolute atomic E-state index is 12.8. The molecule has 9 heteroatoms. The average molecular weight is 489 g/mol. The van der Waals surface area contributed by atoms with E-state index in [1.54, 1.807) is 0 Å². The van der Waals surface area contributed by atoms with Crippen molar-refractivity contribution in [1.29, 1.82) is 0 Å². The normalized spacial score (nSPS) is 19.3. The Balaban J connectivity index is 1.36. The van der Waals surface area contributed by atoms with Gasteiger partial charge < -0.3 is 14.0 Å². The largest absolute Gasteiger partial charge is 0.454 e. The number of Topliss-reactive ketones (excluding diaryl/α,β-unsaturated/α-hetero) is 1. The minimum atomic E-state index is -3.57. The summed E-state index contributed by atoms with van der Waals surface area (Å²) < 4.78 is 40.0. The Morgan fingerprint density at radius 1 is 1.06 bits per heavy atom. The lowest BCUT2D eigenvalue weighted by atomic mass is 10.1. The summed E-state index contributed by atoms with van der Waals surface area (Å²) in [5.41, 5.74) is 2.54. The maximum Gasteiger partial charge on any atom is 0.338 e. The number of carbonyl (C=O) groups is 2. The number of esters is 1. The van der Waals surface area contributed by atoms with E-state index in [0.29, 0.717) is 25.2 Å². The van der Waals surface area contributed by atoms with Gasteiger partial charge in [-0.3, -0.25) is 4.79 Å². The van der Waals surface area contributed by atoms with Gasteiger partial charge in [0.2, 0.25) is 15.8 Å². The van der Waals surface area contributed by atoms with Crippen LogP contribution >= 0.6 is 0 Å². The molecule has 0 saturated carbocycles. The first-order valence-corrected chi connectivity index (χ1v) is 13.3. The molecule has 3 heterocycles. The molecule has 0 aliphatic carbocycles.